The number of hydrogen-bond acceptors (Lipinski definition) is 8. The second-order valence-electron chi connectivity index (χ2n) is 6.67. The Labute approximate surface area is 156 Å². The van der Waals surface area contributed by atoms with E-state index in [1.54, 1.807) is 12.3 Å². The molecule has 0 radical (unpaired) electrons. The van der Waals surface area contributed by atoms with Gasteiger partial charge in [-0.3, -0.25) is 0 Å². The third kappa shape index (κ3) is 2.91. The summed E-state index contributed by atoms with van der Waals surface area (Å²) in [6.07, 6.45) is -0.908. The molecule has 0 aromatic carbocycles. The topological polar surface area (TPSA) is 87.8 Å². The second kappa shape index (κ2) is 6.08. The molecule has 2 N–H and O–H groups in total. The summed E-state index contributed by atoms with van der Waals surface area (Å²) in [5, 5.41) is 19.3. The van der Waals surface area contributed by atoms with Crippen molar-refractivity contribution >= 4 is 22.9 Å². The number of nitrogens with zero attached hydrogens (tertiary/aromatic N) is 5. The first-order chi connectivity index (χ1) is 13.0. The lowest BCUT2D eigenvalue weighted by Crippen LogP contribution is -2.67. The van der Waals surface area contributed by atoms with Gasteiger partial charge in [-0.25, -0.2) is 9.50 Å². The minimum atomic E-state index is -3.70. The summed E-state index contributed by atoms with van der Waals surface area (Å²) in [6, 6.07) is 3.83. The number of piperazine rings is 1. The zero-order valence-corrected chi connectivity index (χ0v) is 14.9. The molecular formula is C16H16F2N6O2S. The summed E-state index contributed by atoms with van der Waals surface area (Å²) in [6.45, 7) is 0.113. The van der Waals surface area contributed by atoms with Gasteiger partial charge in [0.25, 0.3) is 0 Å². The van der Waals surface area contributed by atoms with Crippen LogP contribution < -0.4 is 15.0 Å². The highest BCUT2D eigenvalue weighted by molar-refractivity contribution is 7.13. The first-order valence-electron chi connectivity index (χ1n) is 8.51. The fourth-order valence-corrected chi connectivity index (χ4v) is 4.17. The molecule has 3 aliphatic heterocycles. The van der Waals surface area contributed by atoms with E-state index >= 15 is 0 Å². The molecule has 11 heteroatoms. The van der Waals surface area contributed by atoms with E-state index in [9.17, 15) is 8.78 Å². The summed E-state index contributed by atoms with van der Waals surface area (Å²) in [5.41, 5.74) is 0.803. The number of thiazole rings is 1. The zero-order valence-electron chi connectivity index (χ0n) is 14.0. The van der Waals surface area contributed by atoms with Crippen LogP contribution in [0.25, 0.3) is 16.3 Å². The van der Waals surface area contributed by atoms with Gasteiger partial charge in [-0.2, -0.15) is 13.8 Å². The number of anilines is 1. The van der Waals surface area contributed by atoms with Crippen molar-refractivity contribution in [3.05, 3.63) is 23.7 Å². The van der Waals surface area contributed by atoms with Crippen LogP contribution in [0.15, 0.2) is 23.7 Å². The number of hydrogen-bond donors (Lipinski definition) is 2. The highest BCUT2D eigenvalue weighted by Crippen LogP contribution is 2.32. The Kier molecular flexibility index (Phi) is 3.78. The standard InChI is InChI=1S/C16H16F2N6O2S/c17-16(18,8-25)26-12-2-1-11(14-19-3-4-27-14)24-13(12)21-15(22-24)23-6-9-5-10(7-23)20-9/h1-4,9-10,20,25H,5-8H2. The van der Waals surface area contributed by atoms with Crippen LogP contribution in [0.5, 0.6) is 5.75 Å². The molecular weight excluding hydrogens is 378 g/mol. The molecule has 8 nitrogen and oxygen atoms in total. The maximum absolute atomic E-state index is 13.6. The van der Waals surface area contributed by atoms with E-state index in [-0.39, 0.29) is 11.4 Å². The van der Waals surface area contributed by atoms with E-state index in [0.717, 1.165) is 19.5 Å². The Bertz CT molecular complexity index is 963. The Balaban J connectivity index is 1.60. The van der Waals surface area contributed by atoms with Crippen LogP contribution in [0.1, 0.15) is 6.42 Å². The number of pyridine rings is 1. The number of ether oxygens (including phenoxy) is 1. The third-order valence-electron chi connectivity index (χ3n) is 4.74. The molecule has 3 saturated heterocycles. The minimum Gasteiger partial charge on any atom is -0.427 e. The van der Waals surface area contributed by atoms with Crippen molar-refractivity contribution in [1.29, 1.82) is 0 Å². The van der Waals surface area contributed by atoms with E-state index in [2.05, 4.69) is 20.4 Å². The van der Waals surface area contributed by atoms with Crippen LogP contribution >= 0.6 is 11.3 Å². The molecule has 0 spiro atoms. The van der Waals surface area contributed by atoms with Gasteiger partial charge in [0.2, 0.25) is 11.6 Å². The maximum atomic E-state index is 13.6. The number of halogens is 2. The summed E-state index contributed by atoms with van der Waals surface area (Å²) in [7, 11) is 0. The fraction of sp³-hybridized carbons (Fsp3) is 0.438. The van der Waals surface area contributed by atoms with Gasteiger partial charge >= 0.3 is 6.11 Å². The van der Waals surface area contributed by atoms with Crippen LogP contribution in [0.3, 0.4) is 0 Å². The summed E-state index contributed by atoms with van der Waals surface area (Å²) in [4.78, 5) is 10.8. The SMILES string of the molecule is OCC(F)(F)Oc1ccc(-c2nccs2)n2nc(N3CC4CC(C3)N4)nc12. The number of piperidine rings is 1. The molecule has 27 heavy (non-hydrogen) atoms. The number of fused-ring (bicyclic) bond motifs is 3. The Morgan fingerprint density at radius 3 is 2.78 bits per heavy atom. The minimum absolute atomic E-state index is 0.145. The van der Waals surface area contributed by atoms with E-state index in [1.165, 1.54) is 21.9 Å². The van der Waals surface area contributed by atoms with Gasteiger partial charge in [-0.05, 0) is 18.6 Å². The van der Waals surface area contributed by atoms with E-state index < -0.39 is 12.7 Å². The van der Waals surface area contributed by atoms with E-state index in [1.807, 2.05) is 10.3 Å². The van der Waals surface area contributed by atoms with Gasteiger partial charge in [-0.1, -0.05) is 0 Å². The molecule has 3 aromatic heterocycles. The molecule has 2 bridgehead atoms. The Morgan fingerprint density at radius 1 is 1.33 bits per heavy atom. The maximum Gasteiger partial charge on any atom is 0.421 e. The fourth-order valence-electron chi connectivity index (χ4n) is 3.52. The predicted octanol–water partition coefficient (Wildman–Crippen LogP) is 1.37. The van der Waals surface area contributed by atoms with Gasteiger partial charge in [-0.15, -0.1) is 16.4 Å². The molecule has 3 aliphatic rings. The number of rotatable bonds is 5. The van der Waals surface area contributed by atoms with Crippen molar-refractivity contribution < 1.29 is 18.6 Å². The number of aliphatic hydroxyl groups excluding tert-OH is 1. The lowest BCUT2D eigenvalue weighted by molar-refractivity contribution is -0.200. The quantitative estimate of drug-likeness (QED) is 0.676. The lowest BCUT2D eigenvalue weighted by Gasteiger charge is -2.47. The van der Waals surface area contributed by atoms with Crippen molar-refractivity contribution in [2.75, 3.05) is 24.6 Å². The predicted molar refractivity (Wildman–Crippen MR) is 94.3 cm³/mol. The van der Waals surface area contributed by atoms with Crippen LogP contribution in [-0.4, -0.2) is 62.6 Å². The van der Waals surface area contributed by atoms with E-state index in [0.29, 0.717) is 28.7 Å². The average Bonchev–Trinajstić information content (AvgIpc) is 3.31. The van der Waals surface area contributed by atoms with Gasteiger partial charge in [0.1, 0.15) is 17.3 Å². The first kappa shape index (κ1) is 16.8. The van der Waals surface area contributed by atoms with Gasteiger partial charge in [0.05, 0.1) is 0 Å². The van der Waals surface area contributed by atoms with Gasteiger partial charge in [0.15, 0.2) is 5.75 Å². The van der Waals surface area contributed by atoms with Crippen molar-refractivity contribution in [2.24, 2.45) is 0 Å². The Hall–Kier alpha value is -2.37. The van der Waals surface area contributed by atoms with Gasteiger partial charge < -0.3 is 20.1 Å². The second-order valence-corrected chi connectivity index (χ2v) is 7.56. The monoisotopic (exact) mass is 394 g/mol. The van der Waals surface area contributed by atoms with Gasteiger partial charge in [0, 0.05) is 36.8 Å². The largest absolute Gasteiger partial charge is 0.427 e. The van der Waals surface area contributed by atoms with Crippen LogP contribution in [0, 0.1) is 0 Å². The number of nitrogens with one attached hydrogen (secondary N) is 1. The van der Waals surface area contributed by atoms with Crippen LogP contribution in [0.2, 0.25) is 0 Å². The average molecular weight is 394 g/mol. The summed E-state index contributed by atoms with van der Waals surface area (Å²) < 4.78 is 33.4. The lowest BCUT2D eigenvalue weighted by atomic mass is 9.92. The van der Waals surface area contributed by atoms with Crippen molar-refractivity contribution in [3.63, 3.8) is 0 Å². The summed E-state index contributed by atoms with van der Waals surface area (Å²) in [5.74, 6) is 0.320. The number of aliphatic hydroxyl groups is 1. The summed E-state index contributed by atoms with van der Waals surface area (Å²) >= 11 is 1.41. The molecule has 2 atom stereocenters. The molecule has 3 aromatic rings. The zero-order chi connectivity index (χ0) is 18.6. The van der Waals surface area contributed by atoms with Crippen LogP contribution in [-0.2, 0) is 0 Å². The molecule has 6 heterocycles. The highest BCUT2D eigenvalue weighted by atomic mass is 32.1. The molecule has 3 fully saturated rings. The number of alkyl halides is 2. The number of aromatic nitrogens is 4. The van der Waals surface area contributed by atoms with E-state index in [4.69, 9.17) is 9.84 Å². The highest BCUT2D eigenvalue weighted by Gasteiger charge is 2.38. The smallest absolute Gasteiger partial charge is 0.421 e. The molecule has 0 amide bonds. The van der Waals surface area contributed by atoms with Crippen molar-refractivity contribution in [2.45, 2.75) is 24.6 Å². The van der Waals surface area contributed by atoms with Crippen LogP contribution in [0.4, 0.5) is 14.7 Å². The normalized spacial score (nSPS) is 22.1. The first-order valence-corrected chi connectivity index (χ1v) is 9.39. The molecule has 142 valence electrons. The Morgan fingerprint density at radius 2 is 2.11 bits per heavy atom. The molecule has 2 unspecified atom stereocenters. The molecule has 0 aliphatic carbocycles. The van der Waals surface area contributed by atoms with Crippen molar-refractivity contribution in [1.82, 2.24) is 24.9 Å². The molecule has 0 saturated carbocycles. The third-order valence-corrected chi connectivity index (χ3v) is 5.53. The van der Waals surface area contributed by atoms with Crippen molar-refractivity contribution in [3.8, 4) is 16.5 Å². The molecule has 6 rings (SSSR count).